The molecule has 3 heteroatoms. The van der Waals surface area contributed by atoms with Gasteiger partial charge in [-0.1, -0.05) is 15.9 Å². The fourth-order valence-corrected chi connectivity index (χ4v) is 2.18. The van der Waals surface area contributed by atoms with E-state index in [1.165, 1.54) is 12.1 Å². The van der Waals surface area contributed by atoms with Crippen LogP contribution in [0.2, 0.25) is 0 Å². The lowest BCUT2D eigenvalue weighted by Gasteiger charge is -2.37. The number of benzene rings is 1. The summed E-state index contributed by atoms with van der Waals surface area (Å²) >= 11 is 3.36. The van der Waals surface area contributed by atoms with Gasteiger partial charge in [0.1, 0.15) is 5.82 Å². The Morgan fingerprint density at radius 2 is 2.14 bits per heavy atom. The molecule has 0 saturated heterocycles. The maximum Gasteiger partial charge on any atom is 0.123 e. The summed E-state index contributed by atoms with van der Waals surface area (Å²) in [5, 5.41) is 9.94. The minimum absolute atomic E-state index is 0.244. The van der Waals surface area contributed by atoms with Crippen molar-refractivity contribution in [2.45, 2.75) is 31.3 Å². The van der Waals surface area contributed by atoms with Crippen LogP contribution in [0.4, 0.5) is 4.39 Å². The smallest absolute Gasteiger partial charge is 0.123 e. The van der Waals surface area contributed by atoms with Crippen molar-refractivity contribution in [3.05, 3.63) is 34.1 Å². The van der Waals surface area contributed by atoms with E-state index in [0.29, 0.717) is 6.42 Å². The average molecular weight is 259 g/mol. The van der Waals surface area contributed by atoms with Crippen LogP contribution in [0.5, 0.6) is 0 Å². The van der Waals surface area contributed by atoms with Gasteiger partial charge in [-0.25, -0.2) is 4.39 Å². The van der Waals surface area contributed by atoms with Gasteiger partial charge >= 0.3 is 0 Å². The Hall–Kier alpha value is -0.410. The summed E-state index contributed by atoms with van der Waals surface area (Å²) < 4.78 is 13.8. The van der Waals surface area contributed by atoms with E-state index in [4.69, 9.17) is 0 Å². The van der Waals surface area contributed by atoms with Gasteiger partial charge in [0.25, 0.3) is 0 Å². The normalized spacial score (nSPS) is 19.1. The first-order valence-corrected chi connectivity index (χ1v) is 5.55. The molecule has 0 spiro atoms. The second-order valence-electron chi connectivity index (χ2n) is 3.99. The number of aliphatic hydroxyl groups is 1. The summed E-state index contributed by atoms with van der Waals surface area (Å²) in [6.07, 6.45) is 3.28. The molecule has 1 aromatic rings. The summed E-state index contributed by atoms with van der Waals surface area (Å²) in [5.74, 6) is -0.244. The summed E-state index contributed by atoms with van der Waals surface area (Å²) in [7, 11) is 0. The van der Waals surface area contributed by atoms with Gasteiger partial charge in [0.2, 0.25) is 0 Å². The van der Waals surface area contributed by atoms with E-state index in [2.05, 4.69) is 15.9 Å². The fourth-order valence-electron chi connectivity index (χ4n) is 1.79. The van der Waals surface area contributed by atoms with Gasteiger partial charge in [0.05, 0.1) is 5.60 Å². The Balaban J connectivity index is 2.19. The van der Waals surface area contributed by atoms with Crippen molar-refractivity contribution in [1.29, 1.82) is 0 Å². The molecule has 76 valence electrons. The van der Waals surface area contributed by atoms with Crippen molar-refractivity contribution in [2.24, 2.45) is 0 Å². The van der Waals surface area contributed by atoms with Crippen LogP contribution < -0.4 is 0 Å². The first kappa shape index (κ1) is 10.1. The van der Waals surface area contributed by atoms with Crippen LogP contribution in [0.25, 0.3) is 0 Å². The molecule has 0 aromatic heterocycles. The van der Waals surface area contributed by atoms with Crippen molar-refractivity contribution in [1.82, 2.24) is 0 Å². The number of halogens is 2. The molecule has 0 unspecified atom stereocenters. The van der Waals surface area contributed by atoms with Crippen molar-refractivity contribution < 1.29 is 9.50 Å². The van der Waals surface area contributed by atoms with E-state index in [1.807, 2.05) is 0 Å². The second-order valence-corrected chi connectivity index (χ2v) is 4.84. The molecule has 1 nitrogen and oxygen atoms in total. The van der Waals surface area contributed by atoms with Crippen LogP contribution in [0.1, 0.15) is 24.8 Å². The third kappa shape index (κ3) is 1.98. The highest BCUT2D eigenvalue weighted by Gasteiger charge is 2.34. The minimum atomic E-state index is -0.587. The third-order valence-electron chi connectivity index (χ3n) is 2.81. The number of hydrogen-bond donors (Lipinski definition) is 1. The van der Waals surface area contributed by atoms with Gasteiger partial charge in [-0.3, -0.25) is 0 Å². The van der Waals surface area contributed by atoms with Gasteiger partial charge in [-0.05, 0) is 43.0 Å². The van der Waals surface area contributed by atoms with Gasteiger partial charge in [0.15, 0.2) is 0 Å². The molecule has 0 bridgehead atoms. The Labute approximate surface area is 91.1 Å². The second kappa shape index (κ2) is 3.63. The Morgan fingerprint density at radius 3 is 2.71 bits per heavy atom. The zero-order valence-electron chi connectivity index (χ0n) is 7.76. The predicted molar refractivity (Wildman–Crippen MR) is 56.6 cm³/mol. The lowest BCUT2D eigenvalue weighted by atomic mass is 9.76. The molecule has 1 aliphatic rings. The Bertz CT molecular complexity index is 347. The van der Waals surface area contributed by atoms with Gasteiger partial charge in [0, 0.05) is 10.9 Å². The molecule has 14 heavy (non-hydrogen) atoms. The van der Waals surface area contributed by atoms with Crippen molar-refractivity contribution >= 4 is 15.9 Å². The topological polar surface area (TPSA) is 20.2 Å². The van der Waals surface area contributed by atoms with Crippen LogP contribution in [0.15, 0.2) is 22.7 Å². The van der Waals surface area contributed by atoms with E-state index in [0.717, 1.165) is 29.3 Å². The molecule has 2 rings (SSSR count). The maximum atomic E-state index is 12.9. The third-order valence-corrected chi connectivity index (χ3v) is 3.59. The first-order chi connectivity index (χ1) is 6.59. The fraction of sp³-hybridized carbons (Fsp3) is 0.455. The van der Waals surface area contributed by atoms with Crippen molar-refractivity contribution in [3.63, 3.8) is 0 Å². The average Bonchev–Trinajstić information content (AvgIpc) is 2.09. The van der Waals surface area contributed by atoms with Crippen LogP contribution in [0, 0.1) is 5.82 Å². The lowest BCUT2D eigenvalue weighted by molar-refractivity contribution is -0.0324. The highest BCUT2D eigenvalue weighted by Crippen LogP contribution is 2.36. The largest absolute Gasteiger partial charge is 0.390 e. The molecule has 1 N–H and O–H groups in total. The summed E-state index contributed by atoms with van der Waals surface area (Å²) in [4.78, 5) is 0. The molecule has 0 aliphatic heterocycles. The van der Waals surface area contributed by atoms with E-state index >= 15 is 0 Å². The van der Waals surface area contributed by atoms with Crippen molar-refractivity contribution in [3.8, 4) is 0 Å². The predicted octanol–water partition coefficient (Wildman–Crippen LogP) is 3.05. The van der Waals surface area contributed by atoms with Crippen LogP contribution in [-0.2, 0) is 6.42 Å². The zero-order valence-corrected chi connectivity index (χ0v) is 9.35. The molecule has 1 fully saturated rings. The molecule has 0 heterocycles. The minimum Gasteiger partial charge on any atom is -0.390 e. The molecular weight excluding hydrogens is 247 g/mol. The van der Waals surface area contributed by atoms with Gasteiger partial charge in [-0.2, -0.15) is 0 Å². The van der Waals surface area contributed by atoms with E-state index < -0.39 is 5.60 Å². The SMILES string of the molecule is OC1(Cc2cc(F)ccc2Br)CCC1. The quantitative estimate of drug-likeness (QED) is 0.865. The molecule has 1 saturated carbocycles. The Morgan fingerprint density at radius 1 is 1.43 bits per heavy atom. The highest BCUT2D eigenvalue weighted by molar-refractivity contribution is 9.10. The monoisotopic (exact) mass is 258 g/mol. The molecule has 0 amide bonds. The summed E-state index contributed by atoms with van der Waals surface area (Å²) in [5.41, 5.74) is 0.267. The maximum absolute atomic E-state index is 12.9. The van der Waals surface area contributed by atoms with Crippen LogP contribution in [0.3, 0.4) is 0 Å². The van der Waals surface area contributed by atoms with E-state index in [1.54, 1.807) is 6.07 Å². The zero-order chi connectivity index (χ0) is 10.2. The Kier molecular flexibility index (Phi) is 2.62. The number of hydrogen-bond acceptors (Lipinski definition) is 1. The van der Waals surface area contributed by atoms with Gasteiger partial charge in [-0.15, -0.1) is 0 Å². The lowest BCUT2D eigenvalue weighted by Crippen LogP contribution is -2.39. The molecule has 0 atom stereocenters. The molecule has 1 aromatic carbocycles. The van der Waals surface area contributed by atoms with Crippen LogP contribution >= 0.6 is 15.9 Å². The first-order valence-electron chi connectivity index (χ1n) is 4.75. The van der Waals surface area contributed by atoms with E-state index in [9.17, 15) is 9.50 Å². The van der Waals surface area contributed by atoms with Crippen LogP contribution in [-0.4, -0.2) is 10.7 Å². The molecule has 0 radical (unpaired) electrons. The number of rotatable bonds is 2. The standard InChI is InChI=1S/C11H12BrFO/c12-10-3-2-9(13)6-8(10)7-11(14)4-1-5-11/h2-3,6,14H,1,4-5,7H2. The molecule has 1 aliphatic carbocycles. The van der Waals surface area contributed by atoms with E-state index in [-0.39, 0.29) is 5.82 Å². The molecular formula is C11H12BrFO. The van der Waals surface area contributed by atoms with Gasteiger partial charge < -0.3 is 5.11 Å². The summed E-state index contributed by atoms with van der Waals surface area (Å²) in [6, 6.07) is 4.59. The highest BCUT2D eigenvalue weighted by atomic mass is 79.9. The summed E-state index contributed by atoms with van der Waals surface area (Å²) in [6.45, 7) is 0. The van der Waals surface area contributed by atoms with Crippen molar-refractivity contribution in [2.75, 3.05) is 0 Å².